The molecule has 0 aliphatic carbocycles. The predicted octanol–water partition coefficient (Wildman–Crippen LogP) is 2.78. The first-order valence-corrected chi connectivity index (χ1v) is 9.92. The van der Waals surface area contributed by atoms with Gasteiger partial charge in [-0.05, 0) is 12.1 Å². The molecule has 1 N–H and O–H groups in total. The van der Waals surface area contributed by atoms with Crippen molar-refractivity contribution in [3.63, 3.8) is 0 Å². The van der Waals surface area contributed by atoms with Gasteiger partial charge in [0.2, 0.25) is 0 Å². The molecular weight excluding hydrogens is 436 g/mol. The number of esters is 4. The summed E-state index contributed by atoms with van der Waals surface area (Å²) >= 11 is 0. The van der Waals surface area contributed by atoms with Crippen LogP contribution in [0.25, 0.3) is 0 Å². The molecule has 3 rings (SSSR count). The van der Waals surface area contributed by atoms with Gasteiger partial charge < -0.3 is 28.8 Å². The van der Waals surface area contributed by atoms with Crippen LogP contribution in [-0.4, -0.2) is 35.1 Å². The monoisotopic (exact) mass is 458 g/mol. The molecule has 1 aliphatic heterocycles. The number of fused-ring (bicyclic) bond motifs is 1. The number of carbonyl (C=O) groups is 4. The van der Waals surface area contributed by atoms with Crippen molar-refractivity contribution >= 4 is 23.9 Å². The molecule has 0 saturated heterocycles. The first-order valence-electron chi connectivity index (χ1n) is 9.92. The quantitative estimate of drug-likeness (QED) is 0.526. The van der Waals surface area contributed by atoms with Crippen LogP contribution in [0.1, 0.15) is 44.9 Å². The Labute approximate surface area is 189 Å². The summed E-state index contributed by atoms with van der Waals surface area (Å²) in [7, 11) is 0. The van der Waals surface area contributed by atoms with Gasteiger partial charge in [0.05, 0.1) is 0 Å². The largest absolute Gasteiger partial charge is 0.507 e. The maximum Gasteiger partial charge on any atom is 0.308 e. The molecule has 0 radical (unpaired) electrons. The second kappa shape index (κ2) is 9.60. The van der Waals surface area contributed by atoms with Gasteiger partial charge in [0.15, 0.2) is 17.6 Å². The van der Waals surface area contributed by atoms with Crippen LogP contribution in [-0.2, 0) is 30.3 Å². The molecule has 174 valence electrons. The molecule has 2 aromatic rings. The Morgan fingerprint density at radius 2 is 1.48 bits per heavy atom. The highest BCUT2D eigenvalue weighted by Crippen LogP contribution is 2.44. The highest BCUT2D eigenvalue weighted by Gasteiger charge is 2.36. The first-order chi connectivity index (χ1) is 15.5. The standard InChI is InChI=1S/C23H22O10/c1-11(24)29-16-8-18(28)17-10-22(32-14(4)27)23(33-20(17)9-16)15-5-6-19(30-12(2)25)21(7-15)31-13(3)26/h5-9,22-23,28H,10H2,1-4H3/t22-,23+/m0/s1. The van der Waals surface area contributed by atoms with Crippen molar-refractivity contribution in [2.45, 2.75) is 46.3 Å². The molecule has 33 heavy (non-hydrogen) atoms. The van der Waals surface area contributed by atoms with Crippen molar-refractivity contribution in [2.24, 2.45) is 0 Å². The van der Waals surface area contributed by atoms with Gasteiger partial charge >= 0.3 is 23.9 Å². The normalized spacial score (nSPS) is 16.6. The van der Waals surface area contributed by atoms with Gasteiger partial charge in [-0.3, -0.25) is 19.2 Å². The highest BCUT2D eigenvalue weighted by molar-refractivity contribution is 5.74. The SMILES string of the molecule is CC(=O)Oc1cc(O)c2c(c1)O[C@H](c1ccc(OC(C)=O)c(OC(C)=O)c1)[C@@H](OC(C)=O)C2. The fourth-order valence-corrected chi connectivity index (χ4v) is 3.44. The third-order valence-electron chi connectivity index (χ3n) is 4.54. The lowest BCUT2D eigenvalue weighted by molar-refractivity contribution is -0.152. The Bertz CT molecular complexity index is 1120. The minimum Gasteiger partial charge on any atom is -0.507 e. The summed E-state index contributed by atoms with van der Waals surface area (Å²) in [6, 6.07) is 7.12. The number of hydrogen-bond donors (Lipinski definition) is 1. The van der Waals surface area contributed by atoms with Crippen LogP contribution in [0.15, 0.2) is 30.3 Å². The molecule has 0 aromatic heterocycles. The van der Waals surface area contributed by atoms with Crippen molar-refractivity contribution in [1.29, 1.82) is 0 Å². The summed E-state index contributed by atoms with van der Waals surface area (Å²) in [6.45, 7) is 4.86. The Kier molecular flexibility index (Phi) is 6.86. The number of carbonyl (C=O) groups excluding carboxylic acids is 4. The van der Waals surface area contributed by atoms with E-state index in [-0.39, 0.29) is 35.2 Å². The molecule has 0 amide bonds. The number of ether oxygens (including phenoxy) is 5. The summed E-state index contributed by atoms with van der Waals surface area (Å²) in [5.74, 6) is -2.28. The number of benzene rings is 2. The third kappa shape index (κ3) is 5.79. The Balaban J connectivity index is 2.05. The number of rotatable bonds is 5. The number of phenolic OH excluding ortho intramolecular Hbond substituents is 1. The molecule has 0 fully saturated rings. The van der Waals surface area contributed by atoms with E-state index in [0.717, 1.165) is 0 Å². The van der Waals surface area contributed by atoms with Crippen LogP contribution in [0, 0.1) is 0 Å². The minimum absolute atomic E-state index is 0.0245. The molecule has 0 saturated carbocycles. The van der Waals surface area contributed by atoms with Crippen LogP contribution in [0.5, 0.6) is 28.7 Å². The zero-order valence-corrected chi connectivity index (χ0v) is 18.4. The molecule has 0 spiro atoms. The summed E-state index contributed by atoms with van der Waals surface area (Å²) in [6.07, 6.45) is -1.63. The van der Waals surface area contributed by atoms with Crippen LogP contribution < -0.4 is 18.9 Å². The molecule has 10 nitrogen and oxygen atoms in total. The number of phenols is 1. The Morgan fingerprint density at radius 1 is 0.848 bits per heavy atom. The zero-order valence-electron chi connectivity index (χ0n) is 18.4. The van der Waals surface area contributed by atoms with Gasteiger partial charge in [0.1, 0.15) is 23.4 Å². The second-order valence-corrected chi connectivity index (χ2v) is 7.30. The van der Waals surface area contributed by atoms with E-state index in [9.17, 15) is 24.3 Å². The average Bonchev–Trinajstić information content (AvgIpc) is 2.68. The van der Waals surface area contributed by atoms with E-state index in [1.54, 1.807) is 6.07 Å². The van der Waals surface area contributed by atoms with E-state index >= 15 is 0 Å². The fraction of sp³-hybridized carbons (Fsp3) is 0.304. The fourth-order valence-electron chi connectivity index (χ4n) is 3.44. The molecule has 2 atom stereocenters. The summed E-state index contributed by atoms with van der Waals surface area (Å²) in [4.78, 5) is 46.0. The average molecular weight is 458 g/mol. The van der Waals surface area contributed by atoms with Crippen molar-refractivity contribution in [3.05, 3.63) is 41.5 Å². The van der Waals surface area contributed by atoms with Crippen LogP contribution in [0.3, 0.4) is 0 Å². The molecule has 1 aliphatic rings. The van der Waals surface area contributed by atoms with Gasteiger partial charge in [-0.25, -0.2) is 0 Å². The van der Waals surface area contributed by atoms with Crippen molar-refractivity contribution < 1.29 is 48.0 Å². The minimum atomic E-state index is -0.880. The smallest absolute Gasteiger partial charge is 0.308 e. The van der Waals surface area contributed by atoms with Crippen molar-refractivity contribution in [2.75, 3.05) is 0 Å². The van der Waals surface area contributed by atoms with Crippen LogP contribution >= 0.6 is 0 Å². The van der Waals surface area contributed by atoms with E-state index in [1.807, 2.05) is 0 Å². The topological polar surface area (TPSA) is 135 Å². The van der Waals surface area contributed by atoms with Gasteiger partial charge in [-0.15, -0.1) is 0 Å². The van der Waals surface area contributed by atoms with Crippen LogP contribution in [0.2, 0.25) is 0 Å². The highest BCUT2D eigenvalue weighted by atomic mass is 16.6. The van der Waals surface area contributed by atoms with Crippen molar-refractivity contribution in [3.8, 4) is 28.7 Å². The summed E-state index contributed by atoms with van der Waals surface area (Å²) in [5.41, 5.74) is 0.807. The molecule has 2 aromatic carbocycles. The van der Waals surface area contributed by atoms with Gasteiger partial charge in [-0.1, -0.05) is 6.07 Å². The van der Waals surface area contributed by atoms with E-state index in [0.29, 0.717) is 11.1 Å². The Hall–Kier alpha value is -4.08. The van der Waals surface area contributed by atoms with Gasteiger partial charge in [-0.2, -0.15) is 0 Å². The van der Waals surface area contributed by atoms with Crippen LogP contribution in [0.4, 0.5) is 0 Å². The number of aromatic hydroxyl groups is 1. The summed E-state index contributed by atoms with van der Waals surface area (Å²) in [5, 5.41) is 10.4. The maximum absolute atomic E-state index is 11.7. The van der Waals surface area contributed by atoms with E-state index in [1.165, 1.54) is 52.0 Å². The van der Waals surface area contributed by atoms with Crippen molar-refractivity contribution in [1.82, 2.24) is 0 Å². The van der Waals surface area contributed by atoms with E-state index < -0.39 is 36.1 Å². The molecule has 1 heterocycles. The lowest BCUT2D eigenvalue weighted by Gasteiger charge is -2.34. The predicted molar refractivity (Wildman–Crippen MR) is 111 cm³/mol. The lowest BCUT2D eigenvalue weighted by atomic mass is 9.93. The van der Waals surface area contributed by atoms with Gasteiger partial charge in [0.25, 0.3) is 0 Å². The number of hydrogen-bond acceptors (Lipinski definition) is 10. The van der Waals surface area contributed by atoms with E-state index in [4.69, 9.17) is 23.7 Å². The third-order valence-corrected chi connectivity index (χ3v) is 4.54. The molecular formula is C23H22O10. The second-order valence-electron chi connectivity index (χ2n) is 7.30. The molecule has 10 heteroatoms. The molecule has 0 bridgehead atoms. The van der Waals surface area contributed by atoms with Gasteiger partial charge in [0, 0.05) is 57.4 Å². The van der Waals surface area contributed by atoms with E-state index in [2.05, 4.69) is 0 Å². The maximum atomic E-state index is 11.7. The first kappa shape index (κ1) is 23.6. The lowest BCUT2D eigenvalue weighted by Crippen LogP contribution is -2.34. The summed E-state index contributed by atoms with van der Waals surface area (Å²) < 4.78 is 26.8. The Morgan fingerprint density at radius 3 is 2.09 bits per heavy atom. The zero-order chi connectivity index (χ0) is 24.3. The molecule has 0 unspecified atom stereocenters.